The summed E-state index contributed by atoms with van der Waals surface area (Å²) in [5.41, 5.74) is 1.63. The minimum absolute atomic E-state index is 0.158. The Bertz CT molecular complexity index is 733. The van der Waals surface area contributed by atoms with Crippen LogP contribution in [0.4, 0.5) is 5.13 Å². The molecule has 0 radical (unpaired) electrons. The van der Waals surface area contributed by atoms with E-state index in [1.54, 1.807) is 0 Å². The molecule has 21 heavy (non-hydrogen) atoms. The molecule has 9 heteroatoms. The second-order valence-corrected chi connectivity index (χ2v) is 6.75. The molecule has 110 valence electrons. The molecule has 6 nitrogen and oxygen atoms in total. The highest BCUT2D eigenvalue weighted by molar-refractivity contribution is 8.03. The summed E-state index contributed by atoms with van der Waals surface area (Å²) in [5, 5.41) is 5.88. The fraction of sp³-hybridized carbons (Fsp3) is 0.333. The van der Waals surface area contributed by atoms with E-state index >= 15 is 0 Å². The van der Waals surface area contributed by atoms with Crippen molar-refractivity contribution in [3.05, 3.63) is 22.5 Å². The maximum absolute atomic E-state index is 11.8. The van der Waals surface area contributed by atoms with Crippen molar-refractivity contribution in [3.63, 3.8) is 0 Å². The summed E-state index contributed by atoms with van der Waals surface area (Å²) >= 11 is 8.81. The molecule has 2 unspecified atom stereocenters. The molecule has 0 saturated heterocycles. The molecule has 3 heterocycles. The number of aromatic nitrogens is 3. The summed E-state index contributed by atoms with van der Waals surface area (Å²) in [4.78, 5) is 24.9. The molecule has 2 aromatic heterocycles. The number of thioether (sulfide) groups is 1. The van der Waals surface area contributed by atoms with Crippen molar-refractivity contribution in [1.82, 2.24) is 15.0 Å². The van der Waals surface area contributed by atoms with Gasteiger partial charge in [-0.25, -0.2) is 15.0 Å². The molecule has 0 aromatic carbocycles. The molecule has 2 atom stereocenters. The normalized spacial score (nSPS) is 21.4. The summed E-state index contributed by atoms with van der Waals surface area (Å²) in [6, 6.07) is -0.158. The number of rotatable bonds is 3. The van der Waals surface area contributed by atoms with Crippen molar-refractivity contribution >= 4 is 56.1 Å². The predicted molar refractivity (Wildman–Crippen MR) is 84.8 cm³/mol. The van der Waals surface area contributed by atoms with Crippen molar-refractivity contribution in [2.45, 2.75) is 18.2 Å². The molecule has 1 N–H and O–H groups in total. The minimum Gasteiger partial charge on any atom is -0.468 e. The van der Waals surface area contributed by atoms with Gasteiger partial charge in [-0.15, -0.1) is 11.8 Å². The molecular formula is C12H11ClN4O2S2. The molecule has 0 saturated carbocycles. The summed E-state index contributed by atoms with van der Waals surface area (Å²) in [5.74, 6) is -0.260. The van der Waals surface area contributed by atoms with Gasteiger partial charge >= 0.3 is 5.97 Å². The molecule has 2 aromatic rings. The molecule has 1 aliphatic heterocycles. The zero-order valence-corrected chi connectivity index (χ0v) is 13.6. The van der Waals surface area contributed by atoms with Crippen LogP contribution in [0.2, 0.25) is 5.15 Å². The highest BCUT2D eigenvalue weighted by Crippen LogP contribution is 2.35. The van der Waals surface area contributed by atoms with Crippen molar-refractivity contribution in [1.29, 1.82) is 0 Å². The first kappa shape index (κ1) is 14.6. The Morgan fingerprint density at radius 3 is 3.00 bits per heavy atom. The summed E-state index contributed by atoms with van der Waals surface area (Å²) in [7, 11) is 1.39. The monoisotopic (exact) mass is 342 g/mol. The van der Waals surface area contributed by atoms with E-state index in [0.29, 0.717) is 20.6 Å². The van der Waals surface area contributed by atoms with Gasteiger partial charge in [-0.05, 0) is 17.9 Å². The number of nitrogens with one attached hydrogen (secondary N) is 1. The number of esters is 1. The van der Waals surface area contributed by atoms with Crippen molar-refractivity contribution in [2.75, 3.05) is 12.4 Å². The van der Waals surface area contributed by atoms with Crippen LogP contribution in [0.5, 0.6) is 0 Å². The Labute approximate surface area is 134 Å². The lowest BCUT2D eigenvalue weighted by atomic mass is 10.1. The van der Waals surface area contributed by atoms with Gasteiger partial charge in [0.1, 0.15) is 21.9 Å². The van der Waals surface area contributed by atoms with Crippen LogP contribution in [0, 0.1) is 0 Å². The topological polar surface area (TPSA) is 77.0 Å². The Balaban J connectivity index is 1.88. The van der Waals surface area contributed by atoms with Crippen LogP contribution in [0.1, 0.15) is 6.92 Å². The third-order valence-corrected chi connectivity index (χ3v) is 5.49. The average molecular weight is 343 g/mol. The lowest BCUT2D eigenvalue weighted by molar-refractivity contribution is -0.140. The zero-order valence-electron chi connectivity index (χ0n) is 11.2. The number of nitrogens with zero attached hydrogens (tertiary/aromatic N) is 3. The number of thiazole rings is 1. The van der Waals surface area contributed by atoms with Gasteiger partial charge in [0.25, 0.3) is 0 Å². The lowest BCUT2D eigenvalue weighted by Crippen LogP contribution is -2.35. The minimum atomic E-state index is -0.316. The molecular weight excluding hydrogens is 332 g/mol. The third kappa shape index (κ3) is 2.70. The first-order valence-corrected chi connectivity index (χ1v) is 8.17. The summed E-state index contributed by atoms with van der Waals surface area (Å²) in [6.45, 7) is 1.97. The van der Waals surface area contributed by atoms with Crippen LogP contribution < -0.4 is 5.32 Å². The number of hydrogen-bond acceptors (Lipinski definition) is 8. The van der Waals surface area contributed by atoms with Gasteiger partial charge in [0.2, 0.25) is 0 Å². The van der Waals surface area contributed by atoms with E-state index in [4.69, 9.17) is 16.3 Å². The van der Waals surface area contributed by atoms with Gasteiger partial charge in [-0.1, -0.05) is 22.9 Å². The van der Waals surface area contributed by atoms with Crippen molar-refractivity contribution < 1.29 is 9.53 Å². The quantitative estimate of drug-likeness (QED) is 0.678. The second-order valence-electron chi connectivity index (χ2n) is 4.40. The number of hydrogen-bond donors (Lipinski definition) is 1. The van der Waals surface area contributed by atoms with E-state index in [1.165, 1.54) is 36.5 Å². The maximum Gasteiger partial charge on any atom is 0.321 e. The first-order valence-electron chi connectivity index (χ1n) is 6.03. The number of methoxy groups -OCH3 is 1. The van der Waals surface area contributed by atoms with Crippen molar-refractivity contribution in [3.8, 4) is 0 Å². The highest BCUT2D eigenvalue weighted by Gasteiger charge is 2.35. The Hall–Kier alpha value is -1.38. The SMILES string of the molecule is COC(=O)C1SC=C(C)C1Nc1nc2c(Cl)ncnc2s1. The number of anilines is 1. The van der Waals surface area contributed by atoms with E-state index in [-0.39, 0.29) is 17.3 Å². The van der Waals surface area contributed by atoms with Gasteiger partial charge in [-0.3, -0.25) is 4.79 Å². The number of carbonyl (C=O) groups excluding carboxylic acids is 1. The van der Waals surface area contributed by atoms with Gasteiger partial charge in [0.15, 0.2) is 10.3 Å². The van der Waals surface area contributed by atoms with Gasteiger partial charge < -0.3 is 10.1 Å². The van der Waals surface area contributed by atoms with Crippen LogP contribution in [-0.2, 0) is 9.53 Å². The fourth-order valence-corrected chi connectivity index (χ4v) is 4.22. The standard InChI is InChI=1S/C12H11ClN4O2S2/c1-5-3-20-8(11(18)19-2)6(5)16-12-17-7-9(13)14-4-15-10(7)21-12/h3-4,6,8H,1-2H3,(H,16,17). The van der Waals surface area contributed by atoms with E-state index in [9.17, 15) is 4.79 Å². The van der Waals surface area contributed by atoms with E-state index in [2.05, 4.69) is 20.3 Å². The smallest absolute Gasteiger partial charge is 0.321 e. The fourth-order valence-electron chi connectivity index (χ4n) is 1.99. The molecule has 1 aliphatic rings. The van der Waals surface area contributed by atoms with Crippen LogP contribution in [0.15, 0.2) is 17.3 Å². The highest BCUT2D eigenvalue weighted by atomic mass is 35.5. The predicted octanol–water partition coefficient (Wildman–Crippen LogP) is 2.71. The first-order chi connectivity index (χ1) is 10.1. The lowest BCUT2D eigenvalue weighted by Gasteiger charge is -2.19. The van der Waals surface area contributed by atoms with Crippen LogP contribution >= 0.6 is 34.7 Å². The number of halogens is 1. The maximum atomic E-state index is 11.8. The van der Waals surface area contributed by atoms with E-state index < -0.39 is 0 Å². The molecule has 0 spiro atoms. The summed E-state index contributed by atoms with van der Waals surface area (Å²) < 4.78 is 4.83. The van der Waals surface area contributed by atoms with Gasteiger partial charge in [-0.2, -0.15) is 0 Å². The Morgan fingerprint density at radius 1 is 1.48 bits per heavy atom. The second kappa shape index (κ2) is 5.78. The Morgan fingerprint density at radius 2 is 2.29 bits per heavy atom. The molecule has 3 rings (SSSR count). The summed E-state index contributed by atoms with van der Waals surface area (Å²) in [6.07, 6.45) is 1.40. The van der Waals surface area contributed by atoms with E-state index in [1.807, 2.05) is 12.3 Å². The molecule has 0 amide bonds. The Kier molecular flexibility index (Phi) is 4.01. The molecule has 0 bridgehead atoms. The van der Waals surface area contributed by atoms with Crippen LogP contribution in [0.25, 0.3) is 10.3 Å². The average Bonchev–Trinajstić information content (AvgIpc) is 3.04. The third-order valence-electron chi connectivity index (χ3n) is 3.06. The molecule has 0 fully saturated rings. The molecule has 0 aliphatic carbocycles. The van der Waals surface area contributed by atoms with E-state index in [0.717, 1.165) is 5.57 Å². The number of carbonyl (C=O) groups is 1. The number of ether oxygens (including phenoxy) is 1. The zero-order chi connectivity index (χ0) is 15.0. The van der Waals surface area contributed by atoms with Crippen LogP contribution in [-0.4, -0.2) is 39.3 Å². The van der Waals surface area contributed by atoms with Gasteiger partial charge in [0, 0.05) is 0 Å². The number of fused-ring (bicyclic) bond motifs is 1. The van der Waals surface area contributed by atoms with Gasteiger partial charge in [0.05, 0.1) is 13.2 Å². The largest absolute Gasteiger partial charge is 0.468 e. The van der Waals surface area contributed by atoms with Crippen molar-refractivity contribution in [2.24, 2.45) is 0 Å². The van der Waals surface area contributed by atoms with Crippen LogP contribution in [0.3, 0.4) is 0 Å².